The molecule has 1 heterocycles. The third-order valence-corrected chi connectivity index (χ3v) is 5.66. The van der Waals surface area contributed by atoms with Crippen molar-refractivity contribution in [2.75, 3.05) is 17.2 Å². The molecule has 1 spiro atoms. The lowest BCUT2D eigenvalue weighted by atomic mass is 9.78. The van der Waals surface area contributed by atoms with Crippen LogP contribution in [0.1, 0.15) is 55.8 Å². The molecule has 162 valence electrons. The van der Waals surface area contributed by atoms with Gasteiger partial charge in [-0.05, 0) is 56.0 Å². The van der Waals surface area contributed by atoms with E-state index in [1.165, 1.54) is 13.3 Å². The maximum Gasteiger partial charge on any atom is 0.262 e. The average molecular weight is 422 g/mol. The summed E-state index contributed by atoms with van der Waals surface area (Å²) in [5, 5.41) is 5.41. The highest BCUT2D eigenvalue weighted by molar-refractivity contribution is 6.00. The van der Waals surface area contributed by atoms with Crippen LogP contribution in [0.25, 0.3) is 0 Å². The first-order chi connectivity index (χ1) is 14.9. The van der Waals surface area contributed by atoms with Gasteiger partial charge in [0.2, 0.25) is 5.91 Å². The molecule has 0 bridgehead atoms. The van der Waals surface area contributed by atoms with Crippen molar-refractivity contribution in [1.29, 1.82) is 0 Å². The SMILES string of the molecule is CC(=O)Nc1cccc(NC(=O)COc2ccc3c(c2)OC2(CCCCC2)CC3=O)c1. The predicted octanol–water partition coefficient (Wildman–Crippen LogP) is 4.33. The van der Waals surface area contributed by atoms with Gasteiger partial charge in [-0.1, -0.05) is 12.5 Å². The zero-order valence-electron chi connectivity index (χ0n) is 17.5. The molecule has 1 aliphatic heterocycles. The Morgan fingerprint density at radius 3 is 2.52 bits per heavy atom. The van der Waals surface area contributed by atoms with Gasteiger partial charge in [-0.25, -0.2) is 0 Å². The van der Waals surface area contributed by atoms with E-state index in [4.69, 9.17) is 9.47 Å². The lowest BCUT2D eigenvalue weighted by Crippen LogP contribution is -2.43. The monoisotopic (exact) mass is 422 g/mol. The van der Waals surface area contributed by atoms with Crippen LogP contribution in [-0.2, 0) is 9.59 Å². The van der Waals surface area contributed by atoms with Crippen LogP contribution in [0.15, 0.2) is 42.5 Å². The number of ether oxygens (including phenoxy) is 2. The number of nitrogens with one attached hydrogen (secondary N) is 2. The maximum atomic E-state index is 12.6. The van der Waals surface area contributed by atoms with Crippen LogP contribution in [0.5, 0.6) is 11.5 Å². The van der Waals surface area contributed by atoms with Crippen molar-refractivity contribution in [2.45, 2.75) is 51.0 Å². The smallest absolute Gasteiger partial charge is 0.262 e. The van der Waals surface area contributed by atoms with Crippen molar-refractivity contribution in [1.82, 2.24) is 0 Å². The molecule has 2 aromatic carbocycles. The molecule has 2 N–H and O–H groups in total. The topological polar surface area (TPSA) is 93.7 Å². The van der Waals surface area contributed by atoms with Crippen molar-refractivity contribution in [3.05, 3.63) is 48.0 Å². The van der Waals surface area contributed by atoms with Crippen LogP contribution < -0.4 is 20.1 Å². The van der Waals surface area contributed by atoms with Gasteiger partial charge in [-0.15, -0.1) is 0 Å². The third-order valence-electron chi connectivity index (χ3n) is 5.66. The minimum Gasteiger partial charge on any atom is -0.486 e. The summed E-state index contributed by atoms with van der Waals surface area (Å²) in [5.41, 5.74) is 1.33. The summed E-state index contributed by atoms with van der Waals surface area (Å²) in [6.45, 7) is 1.23. The highest BCUT2D eigenvalue weighted by Crippen LogP contribution is 2.42. The number of fused-ring (bicyclic) bond motifs is 1. The van der Waals surface area contributed by atoms with Gasteiger partial charge in [0.1, 0.15) is 17.1 Å². The Bertz CT molecular complexity index is 1010. The Morgan fingerprint density at radius 1 is 1.03 bits per heavy atom. The van der Waals surface area contributed by atoms with Crippen molar-refractivity contribution < 1.29 is 23.9 Å². The standard InChI is InChI=1S/C24H26N2O5/c1-16(27)25-17-6-5-7-18(12-17)26-23(29)15-30-19-8-9-20-21(28)14-24(31-22(20)13-19)10-3-2-4-11-24/h5-9,12-13H,2-4,10-11,14-15H2,1H3,(H,25,27)(H,26,29). The van der Waals surface area contributed by atoms with Gasteiger partial charge in [0.05, 0.1) is 12.0 Å². The van der Waals surface area contributed by atoms with Crippen molar-refractivity contribution >= 4 is 29.0 Å². The minimum atomic E-state index is -0.392. The Kier molecular flexibility index (Phi) is 5.93. The predicted molar refractivity (Wildman–Crippen MR) is 117 cm³/mol. The van der Waals surface area contributed by atoms with Crippen LogP contribution in [-0.4, -0.2) is 29.8 Å². The maximum absolute atomic E-state index is 12.6. The molecular formula is C24H26N2O5. The number of ketones is 1. The third kappa shape index (κ3) is 5.05. The van der Waals surface area contributed by atoms with E-state index < -0.39 is 5.60 Å². The first-order valence-electron chi connectivity index (χ1n) is 10.6. The second kappa shape index (κ2) is 8.79. The number of amides is 2. The molecule has 7 nitrogen and oxygen atoms in total. The first kappa shape index (κ1) is 20.9. The van der Waals surface area contributed by atoms with Gasteiger partial charge in [0, 0.05) is 24.4 Å². The van der Waals surface area contributed by atoms with Crippen LogP contribution >= 0.6 is 0 Å². The van der Waals surface area contributed by atoms with Crippen molar-refractivity contribution in [3.8, 4) is 11.5 Å². The molecule has 2 aromatic rings. The fraction of sp³-hybridized carbons (Fsp3) is 0.375. The molecule has 2 amide bonds. The highest BCUT2D eigenvalue weighted by atomic mass is 16.5. The molecule has 0 radical (unpaired) electrons. The van der Waals surface area contributed by atoms with E-state index in [1.54, 1.807) is 42.5 Å². The van der Waals surface area contributed by atoms with E-state index in [0.29, 0.717) is 34.9 Å². The molecule has 0 atom stereocenters. The van der Waals surface area contributed by atoms with E-state index in [2.05, 4.69) is 10.6 Å². The summed E-state index contributed by atoms with van der Waals surface area (Å²) in [6, 6.07) is 12.0. The molecule has 0 unspecified atom stereocenters. The molecule has 2 aliphatic rings. The summed E-state index contributed by atoms with van der Waals surface area (Å²) in [5.74, 6) is 0.598. The Labute approximate surface area is 181 Å². The van der Waals surface area contributed by atoms with E-state index >= 15 is 0 Å². The molecule has 0 aromatic heterocycles. The molecule has 7 heteroatoms. The molecule has 31 heavy (non-hydrogen) atoms. The van der Waals surface area contributed by atoms with Gasteiger partial charge in [0.15, 0.2) is 12.4 Å². The lowest BCUT2D eigenvalue weighted by Gasteiger charge is -2.40. The Balaban J connectivity index is 1.38. The van der Waals surface area contributed by atoms with Crippen LogP contribution in [0.3, 0.4) is 0 Å². The number of hydrogen-bond acceptors (Lipinski definition) is 5. The number of benzene rings is 2. The summed E-state index contributed by atoms with van der Waals surface area (Å²) in [4.78, 5) is 36.1. The molecule has 1 fully saturated rings. The molecule has 0 saturated heterocycles. The number of carbonyl (C=O) groups is 3. The van der Waals surface area contributed by atoms with Gasteiger partial charge in [-0.2, -0.15) is 0 Å². The molecular weight excluding hydrogens is 396 g/mol. The summed E-state index contributed by atoms with van der Waals surface area (Å²) in [7, 11) is 0. The average Bonchev–Trinajstić information content (AvgIpc) is 2.72. The second-order valence-corrected chi connectivity index (χ2v) is 8.20. The van der Waals surface area contributed by atoms with E-state index in [0.717, 1.165) is 25.7 Å². The quantitative estimate of drug-likeness (QED) is 0.748. The van der Waals surface area contributed by atoms with E-state index in [-0.39, 0.29) is 24.2 Å². The largest absolute Gasteiger partial charge is 0.486 e. The fourth-order valence-electron chi connectivity index (χ4n) is 4.26. The normalized spacial score (nSPS) is 16.7. The summed E-state index contributed by atoms with van der Waals surface area (Å²) in [6.07, 6.45) is 5.54. The van der Waals surface area contributed by atoms with Gasteiger partial charge >= 0.3 is 0 Å². The minimum absolute atomic E-state index is 0.103. The summed E-state index contributed by atoms with van der Waals surface area (Å²) < 4.78 is 11.9. The molecule has 1 aliphatic carbocycles. The number of hydrogen-bond donors (Lipinski definition) is 2. The summed E-state index contributed by atoms with van der Waals surface area (Å²) >= 11 is 0. The van der Waals surface area contributed by atoms with Crippen molar-refractivity contribution in [3.63, 3.8) is 0 Å². The van der Waals surface area contributed by atoms with E-state index in [9.17, 15) is 14.4 Å². The number of anilines is 2. The number of Topliss-reactive ketones (excluding diaryl/α,β-unsaturated/α-hetero) is 1. The van der Waals surface area contributed by atoms with Crippen LogP contribution in [0.4, 0.5) is 11.4 Å². The Hall–Kier alpha value is -3.35. The van der Waals surface area contributed by atoms with Crippen molar-refractivity contribution in [2.24, 2.45) is 0 Å². The highest BCUT2D eigenvalue weighted by Gasteiger charge is 2.41. The van der Waals surface area contributed by atoms with Crippen LogP contribution in [0.2, 0.25) is 0 Å². The Morgan fingerprint density at radius 2 is 1.77 bits per heavy atom. The zero-order chi connectivity index (χ0) is 21.8. The first-order valence-corrected chi connectivity index (χ1v) is 10.6. The van der Waals surface area contributed by atoms with Gasteiger partial charge in [0.25, 0.3) is 5.91 Å². The van der Waals surface area contributed by atoms with Gasteiger partial charge in [-0.3, -0.25) is 14.4 Å². The second-order valence-electron chi connectivity index (χ2n) is 8.20. The van der Waals surface area contributed by atoms with Crippen LogP contribution in [0, 0.1) is 0 Å². The lowest BCUT2D eigenvalue weighted by molar-refractivity contribution is -0.118. The molecule has 4 rings (SSSR count). The fourth-order valence-corrected chi connectivity index (χ4v) is 4.26. The number of carbonyl (C=O) groups excluding carboxylic acids is 3. The van der Waals surface area contributed by atoms with E-state index in [1.807, 2.05) is 0 Å². The van der Waals surface area contributed by atoms with Gasteiger partial charge < -0.3 is 20.1 Å². The number of rotatable bonds is 5. The zero-order valence-corrected chi connectivity index (χ0v) is 17.5. The molecule has 1 saturated carbocycles.